The molecule has 0 heterocycles. The molecular weight excluding hydrogens is 439 g/mol. The molecule has 5 heteroatoms. The van der Waals surface area contributed by atoms with E-state index in [0.29, 0.717) is 16.8 Å². The molecule has 0 aliphatic heterocycles. The minimum Gasteiger partial charge on any atom is -0.466 e. The minimum absolute atomic E-state index is 0.439. The normalized spacial score (nSPS) is 11.1. The van der Waals surface area contributed by atoms with Crippen LogP contribution >= 0.6 is 7.05 Å². The lowest BCUT2D eigenvalue weighted by Crippen LogP contribution is -2.25. The highest BCUT2D eigenvalue weighted by atomic mass is 31.2. The van der Waals surface area contributed by atoms with Gasteiger partial charge in [0.25, 0.3) is 0 Å². The Morgan fingerprint density at radius 3 is 1.74 bits per heavy atom. The van der Waals surface area contributed by atoms with E-state index in [1.807, 2.05) is 66.7 Å². The van der Waals surface area contributed by atoms with Gasteiger partial charge in [-0.2, -0.15) is 5.26 Å². The largest absolute Gasteiger partial charge is 0.466 e. The summed E-state index contributed by atoms with van der Waals surface area (Å²) >= 11 is 0. The van der Waals surface area contributed by atoms with Crippen LogP contribution in [0.15, 0.2) is 120 Å². The topological polar surface area (TPSA) is 62.5 Å². The van der Waals surface area contributed by atoms with E-state index in [9.17, 15) is 10.1 Å². The molecule has 0 unspecified atom stereocenters. The SMILES string of the molecule is COC(=O)/C=C/c1c(C#N)cccc1N=P(c1ccccc1)(c1ccccc1)c1ccccc1. The van der Waals surface area contributed by atoms with E-state index in [4.69, 9.17) is 9.48 Å². The van der Waals surface area contributed by atoms with Crippen molar-refractivity contribution in [2.75, 3.05) is 7.11 Å². The van der Waals surface area contributed by atoms with Crippen molar-refractivity contribution in [2.24, 2.45) is 4.74 Å². The fraction of sp³-hybridized carbons (Fsp3) is 0.0345. The van der Waals surface area contributed by atoms with Crippen molar-refractivity contribution in [3.63, 3.8) is 0 Å². The maximum absolute atomic E-state index is 11.8. The Morgan fingerprint density at radius 1 is 0.794 bits per heavy atom. The van der Waals surface area contributed by atoms with E-state index in [1.54, 1.807) is 12.1 Å². The second-order valence-corrected chi connectivity index (χ2v) is 10.5. The van der Waals surface area contributed by atoms with Crippen molar-refractivity contribution in [2.45, 2.75) is 0 Å². The molecule has 34 heavy (non-hydrogen) atoms. The van der Waals surface area contributed by atoms with Crippen molar-refractivity contribution in [1.82, 2.24) is 0 Å². The van der Waals surface area contributed by atoms with Gasteiger partial charge in [0.15, 0.2) is 0 Å². The number of nitriles is 1. The lowest BCUT2D eigenvalue weighted by atomic mass is 10.1. The summed E-state index contributed by atoms with van der Waals surface area (Å²) in [5.74, 6) is -0.492. The van der Waals surface area contributed by atoms with Gasteiger partial charge < -0.3 is 4.74 Å². The first-order valence-corrected chi connectivity index (χ1v) is 12.5. The lowest BCUT2D eigenvalue weighted by molar-refractivity contribution is -0.134. The first-order chi connectivity index (χ1) is 16.7. The van der Waals surface area contributed by atoms with Crippen molar-refractivity contribution in [3.05, 3.63) is 126 Å². The second kappa shape index (κ2) is 10.6. The summed E-state index contributed by atoms with van der Waals surface area (Å²) in [6, 6.07) is 38.4. The van der Waals surface area contributed by atoms with Gasteiger partial charge in [-0.25, -0.2) is 4.79 Å². The Bertz CT molecular complexity index is 1300. The smallest absolute Gasteiger partial charge is 0.330 e. The number of carbonyl (C=O) groups is 1. The number of hydrogen-bond donors (Lipinski definition) is 0. The van der Waals surface area contributed by atoms with Gasteiger partial charge in [-0.15, -0.1) is 0 Å². The Labute approximate surface area is 199 Å². The molecule has 0 atom stereocenters. The van der Waals surface area contributed by atoms with Crippen LogP contribution in [0.1, 0.15) is 11.1 Å². The summed E-state index contributed by atoms with van der Waals surface area (Å²) in [6.07, 6.45) is 2.93. The molecule has 166 valence electrons. The number of rotatable bonds is 6. The summed E-state index contributed by atoms with van der Waals surface area (Å²) in [4.78, 5) is 11.8. The molecule has 4 aromatic carbocycles. The van der Waals surface area contributed by atoms with Crippen molar-refractivity contribution < 1.29 is 9.53 Å². The third-order valence-electron chi connectivity index (χ3n) is 5.44. The van der Waals surface area contributed by atoms with Gasteiger partial charge in [-0.05, 0) is 18.2 Å². The third-order valence-corrected chi connectivity index (χ3v) is 9.09. The van der Waals surface area contributed by atoms with Gasteiger partial charge >= 0.3 is 5.97 Å². The van der Waals surface area contributed by atoms with Crippen LogP contribution in [-0.4, -0.2) is 13.1 Å². The molecule has 0 saturated carbocycles. The van der Waals surface area contributed by atoms with Gasteiger partial charge in [0.1, 0.15) is 0 Å². The lowest BCUT2D eigenvalue weighted by Gasteiger charge is -2.27. The number of ether oxygens (including phenoxy) is 1. The van der Waals surface area contributed by atoms with Gasteiger partial charge in [0.05, 0.1) is 31.5 Å². The zero-order valence-electron chi connectivity index (χ0n) is 18.7. The predicted molar refractivity (Wildman–Crippen MR) is 139 cm³/mol. The van der Waals surface area contributed by atoms with Crippen molar-refractivity contribution >= 4 is 40.7 Å². The van der Waals surface area contributed by atoms with Crippen LogP contribution in [0, 0.1) is 11.3 Å². The molecule has 0 saturated heterocycles. The number of benzene rings is 4. The van der Waals surface area contributed by atoms with E-state index < -0.39 is 13.0 Å². The zero-order chi connectivity index (χ0) is 23.8. The molecule has 4 nitrogen and oxygen atoms in total. The third kappa shape index (κ3) is 4.62. The van der Waals surface area contributed by atoms with E-state index in [1.165, 1.54) is 13.2 Å². The second-order valence-electron chi connectivity index (χ2n) is 7.45. The highest BCUT2D eigenvalue weighted by molar-refractivity contribution is 7.87. The van der Waals surface area contributed by atoms with Gasteiger partial charge in [0.2, 0.25) is 0 Å². The number of carbonyl (C=O) groups excluding carboxylic acids is 1. The Morgan fingerprint density at radius 2 is 1.29 bits per heavy atom. The van der Waals surface area contributed by atoms with Crippen LogP contribution in [-0.2, 0) is 9.53 Å². The van der Waals surface area contributed by atoms with E-state index in [-0.39, 0.29) is 0 Å². The molecule has 0 spiro atoms. The van der Waals surface area contributed by atoms with E-state index in [0.717, 1.165) is 15.9 Å². The molecule has 0 bridgehead atoms. The molecule has 0 aliphatic rings. The summed E-state index contributed by atoms with van der Waals surface area (Å²) in [5, 5.41) is 13.1. The summed E-state index contributed by atoms with van der Waals surface area (Å²) in [5.41, 5.74) is 1.67. The molecule has 0 N–H and O–H groups in total. The van der Waals surface area contributed by atoms with Gasteiger partial charge in [-0.1, -0.05) is 97.1 Å². The molecule has 0 radical (unpaired) electrons. The highest BCUT2D eigenvalue weighted by Gasteiger charge is 2.27. The maximum Gasteiger partial charge on any atom is 0.330 e. The van der Waals surface area contributed by atoms with Crippen LogP contribution in [0.25, 0.3) is 6.08 Å². The van der Waals surface area contributed by atoms with E-state index in [2.05, 4.69) is 42.5 Å². The van der Waals surface area contributed by atoms with Crippen LogP contribution in [0.5, 0.6) is 0 Å². The number of methoxy groups -OCH3 is 1. The van der Waals surface area contributed by atoms with Crippen molar-refractivity contribution in [1.29, 1.82) is 5.26 Å². The van der Waals surface area contributed by atoms with Crippen LogP contribution in [0.2, 0.25) is 0 Å². The monoisotopic (exact) mass is 462 g/mol. The number of nitrogens with zero attached hydrogens (tertiary/aromatic N) is 2. The minimum atomic E-state index is -2.52. The molecule has 4 rings (SSSR count). The van der Waals surface area contributed by atoms with E-state index >= 15 is 0 Å². The summed E-state index contributed by atoms with van der Waals surface area (Å²) in [6.45, 7) is 0. The average Bonchev–Trinajstić information content (AvgIpc) is 2.92. The van der Waals surface area contributed by atoms with Crippen LogP contribution in [0.3, 0.4) is 0 Å². The average molecular weight is 462 g/mol. The van der Waals surface area contributed by atoms with Crippen LogP contribution in [0.4, 0.5) is 5.69 Å². The van der Waals surface area contributed by atoms with Crippen LogP contribution < -0.4 is 15.9 Å². The first kappa shape index (κ1) is 23.0. The molecule has 4 aromatic rings. The van der Waals surface area contributed by atoms with Crippen molar-refractivity contribution in [3.8, 4) is 6.07 Å². The molecule has 0 fully saturated rings. The summed E-state index contributed by atoms with van der Waals surface area (Å²) < 4.78 is 10.2. The Balaban J connectivity index is 2.14. The summed E-state index contributed by atoms with van der Waals surface area (Å²) in [7, 11) is -1.20. The molecule has 0 aromatic heterocycles. The zero-order valence-corrected chi connectivity index (χ0v) is 19.6. The predicted octanol–water partition coefficient (Wildman–Crippen LogP) is 5.55. The molecule has 0 amide bonds. The Kier molecular flexibility index (Phi) is 7.18. The first-order valence-electron chi connectivity index (χ1n) is 10.8. The molecule has 0 aliphatic carbocycles. The standard InChI is InChI=1S/C29H23N2O2P/c1-33-29(32)21-20-27-23(22-30)12-11-19-28(27)31-34(24-13-5-2-6-14-24,25-15-7-3-8-16-25)26-17-9-4-10-18-26/h2-21H,1H3/b21-20+. The fourth-order valence-electron chi connectivity index (χ4n) is 3.85. The molecular formula is C29H23N2O2P. The Hall–Kier alpha value is -4.19. The van der Waals surface area contributed by atoms with Gasteiger partial charge in [-0.3, -0.25) is 4.74 Å². The maximum atomic E-state index is 11.8. The quantitative estimate of drug-likeness (QED) is 0.214. The number of hydrogen-bond acceptors (Lipinski definition) is 4. The highest BCUT2D eigenvalue weighted by Crippen LogP contribution is 2.50. The van der Waals surface area contributed by atoms with Gasteiger partial charge in [0, 0.05) is 27.6 Å². The fourth-order valence-corrected chi connectivity index (χ4v) is 7.39. The number of esters is 1.